The van der Waals surface area contributed by atoms with Crippen molar-refractivity contribution in [3.63, 3.8) is 0 Å². The van der Waals surface area contributed by atoms with Gasteiger partial charge in [0.05, 0.1) is 18.9 Å². The first-order valence-electron chi connectivity index (χ1n) is 6.51. The number of benzene rings is 1. The van der Waals surface area contributed by atoms with Crippen molar-refractivity contribution in [2.24, 2.45) is 0 Å². The SMILES string of the molecule is COC(=O)c1cc(N2CCN(S(C)(=O)=O)CC2)ccc1N. The second-order valence-corrected chi connectivity index (χ2v) is 6.89. The molecule has 1 heterocycles. The molecule has 1 aliphatic rings. The van der Waals surface area contributed by atoms with E-state index in [0.29, 0.717) is 37.4 Å². The molecular weight excluding hydrogens is 294 g/mol. The Balaban J connectivity index is 2.16. The second-order valence-electron chi connectivity index (χ2n) is 4.91. The summed E-state index contributed by atoms with van der Waals surface area (Å²) in [5.41, 5.74) is 7.28. The Morgan fingerprint density at radius 2 is 1.86 bits per heavy atom. The van der Waals surface area contributed by atoms with Crippen LogP contribution in [0.3, 0.4) is 0 Å². The van der Waals surface area contributed by atoms with Gasteiger partial charge < -0.3 is 15.4 Å². The summed E-state index contributed by atoms with van der Waals surface area (Å²) in [5, 5.41) is 0. The summed E-state index contributed by atoms with van der Waals surface area (Å²) in [5.74, 6) is -0.482. The number of carbonyl (C=O) groups excluding carboxylic acids is 1. The fourth-order valence-corrected chi connectivity index (χ4v) is 3.13. The number of carbonyl (C=O) groups is 1. The smallest absolute Gasteiger partial charge is 0.340 e. The van der Waals surface area contributed by atoms with Crippen LogP contribution in [0.15, 0.2) is 18.2 Å². The van der Waals surface area contributed by atoms with Crippen LogP contribution in [-0.4, -0.2) is 58.2 Å². The quantitative estimate of drug-likeness (QED) is 0.630. The minimum absolute atomic E-state index is 0.320. The van der Waals surface area contributed by atoms with E-state index < -0.39 is 16.0 Å². The Hall–Kier alpha value is -1.80. The number of nitrogens with zero attached hydrogens (tertiary/aromatic N) is 2. The highest BCUT2D eigenvalue weighted by Gasteiger charge is 2.24. The Kier molecular flexibility index (Phi) is 4.38. The van der Waals surface area contributed by atoms with Gasteiger partial charge in [0.1, 0.15) is 0 Å². The first-order valence-corrected chi connectivity index (χ1v) is 8.35. The van der Waals surface area contributed by atoms with E-state index in [-0.39, 0.29) is 0 Å². The lowest BCUT2D eigenvalue weighted by atomic mass is 10.1. The summed E-state index contributed by atoms with van der Waals surface area (Å²) in [4.78, 5) is 13.7. The first-order chi connectivity index (χ1) is 9.82. The molecule has 0 amide bonds. The summed E-state index contributed by atoms with van der Waals surface area (Å²) < 4.78 is 29.1. The molecule has 8 heteroatoms. The molecule has 1 aromatic carbocycles. The standard InChI is InChI=1S/C13H19N3O4S/c1-20-13(17)11-9-10(3-4-12(11)14)15-5-7-16(8-6-15)21(2,18)19/h3-4,9H,5-8,14H2,1-2H3. The molecule has 1 aliphatic heterocycles. The third kappa shape index (κ3) is 3.45. The maximum absolute atomic E-state index is 11.6. The van der Waals surface area contributed by atoms with Gasteiger partial charge in [-0.1, -0.05) is 0 Å². The number of anilines is 2. The van der Waals surface area contributed by atoms with Crippen LogP contribution < -0.4 is 10.6 Å². The molecule has 0 unspecified atom stereocenters. The van der Waals surface area contributed by atoms with Gasteiger partial charge in [-0.25, -0.2) is 13.2 Å². The molecule has 21 heavy (non-hydrogen) atoms. The van der Waals surface area contributed by atoms with Gasteiger partial charge in [0, 0.05) is 37.6 Å². The second kappa shape index (κ2) is 5.90. The molecule has 0 bridgehead atoms. The van der Waals surface area contributed by atoms with Crippen molar-refractivity contribution in [2.75, 3.05) is 50.2 Å². The monoisotopic (exact) mass is 313 g/mol. The largest absolute Gasteiger partial charge is 0.465 e. The molecule has 2 N–H and O–H groups in total. The first kappa shape index (κ1) is 15.6. The fraction of sp³-hybridized carbons (Fsp3) is 0.462. The molecule has 0 saturated carbocycles. The van der Waals surface area contributed by atoms with Gasteiger partial charge >= 0.3 is 5.97 Å². The Morgan fingerprint density at radius 1 is 1.24 bits per heavy atom. The third-order valence-electron chi connectivity index (χ3n) is 3.51. The number of esters is 1. The summed E-state index contributed by atoms with van der Waals surface area (Å²) in [6.07, 6.45) is 1.21. The highest BCUT2D eigenvalue weighted by molar-refractivity contribution is 7.88. The molecule has 1 aromatic rings. The van der Waals surface area contributed by atoms with Crippen molar-refractivity contribution >= 4 is 27.4 Å². The lowest BCUT2D eigenvalue weighted by molar-refractivity contribution is 0.0602. The van der Waals surface area contributed by atoms with Gasteiger partial charge in [-0.2, -0.15) is 4.31 Å². The van der Waals surface area contributed by atoms with E-state index in [1.54, 1.807) is 12.1 Å². The Morgan fingerprint density at radius 3 is 2.38 bits per heavy atom. The molecule has 0 atom stereocenters. The molecule has 1 fully saturated rings. The lowest BCUT2D eigenvalue weighted by Gasteiger charge is -2.34. The van der Waals surface area contributed by atoms with E-state index >= 15 is 0 Å². The van der Waals surface area contributed by atoms with E-state index in [2.05, 4.69) is 0 Å². The number of nitrogen functional groups attached to an aromatic ring is 1. The van der Waals surface area contributed by atoms with Gasteiger partial charge in [-0.15, -0.1) is 0 Å². The van der Waals surface area contributed by atoms with E-state index in [4.69, 9.17) is 10.5 Å². The van der Waals surface area contributed by atoms with Gasteiger partial charge in [0.2, 0.25) is 10.0 Å². The van der Waals surface area contributed by atoms with Crippen LogP contribution in [0.5, 0.6) is 0 Å². The lowest BCUT2D eigenvalue weighted by Crippen LogP contribution is -2.48. The highest BCUT2D eigenvalue weighted by atomic mass is 32.2. The molecule has 2 rings (SSSR count). The van der Waals surface area contributed by atoms with E-state index in [0.717, 1.165) is 5.69 Å². The van der Waals surface area contributed by atoms with Gasteiger partial charge in [0.25, 0.3) is 0 Å². The van der Waals surface area contributed by atoms with E-state index in [1.807, 2.05) is 11.0 Å². The number of methoxy groups -OCH3 is 1. The molecule has 0 aliphatic carbocycles. The molecule has 0 spiro atoms. The van der Waals surface area contributed by atoms with Gasteiger partial charge in [-0.05, 0) is 18.2 Å². The number of sulfonamides is 1. The normalized spacial score (nSPS) is 16.8. The average molecular weight is 313 g/mol. The number of nitrogens with two attached hydrogens (primary N) is 1. The van der Waals surface area contributed by atoms with Gasteiger partial charge in [0.15, 0.2) is 0 Å². The van der Waals surface area contributed by atoms with Crippen molar-refractivity contribution in [1.29, 1.82) is 0 Å². The molecular formula is C13H19N3O4S. The summed E-state index contributed by atoms with van der Waals surface area (Å²) in [6, 6.07) is 5.15. The average Bonchev–Trinajstić information content (AvgIpc) is 2.46. The molecule has 7 nitrogen and oxygen atoms in total. The third-order valence-corrected chi connectivity index (χ3v) is 4.82. The van der Waals surface area contributed by atoms with Crippen LogP contribution in [0.25, 0.3) is 0 Å². The zero-order valence-electron chi connectivity index (χ0n) is 12.1. The van der Waals surface area contributed by atoms with Crippen molar-refractivity contribution in [1.82, 2.24) is 4.31 Å². The number of piperazine rings is 1. The summed E-state index contributed by atoms with van der Waals surface area (Å²) in [7, 11) is -1.85. The number of hydrogen-bond donors (Lipinski definition) is 1. The van der Waals surface area contributed by atoms with Crippen molar-refractivity contribution < 1.29 is 17.9 Å². The predicted octanol–water partition coefficient (Wildman–Crippen LogP) is 0.137. The van der Waals surface area contributed by atoms with Crippen molar-refractivity contribution in [2.45, 2.75) is 0 Å². The van der Waals surface area contributed by atoms with Crippen molar-refractivity contribution in [3.8, 4) is 0 Å². The van der Waals surface area contributed by atoms with E-state index in [1.165, 1.54) is 17.7 Å². The zero-order valence-corrected chi connectivity index (χ0v) is 12.9. The van der Waals surface area contributed by atoms with Crippen LogP contribution in [0.1, 0.15) is 10.4 Å². The van der Waals surface area contributed by atoms with Crippen LogP contribution in [0.4, 0.5) is 11.4 Å². The fourth-order valence-electron chi connectivity index (χ4n) is 2.31. The summed E-state index contributed by atoms with van der Waals surface area (Å²) >= 11 is 0. The highest BCUT2D eigenvalue weighted by Crippen LogP contribution is 2.23. The molecule has 1 saturated heterocycles. The minimum atomic E-state index is -3.15. The molecule has 0 aromatic heterocycles. The Bertz CT molecular complexity index is 637. The number of ether oxygens (including phenoxy) is 1. The molecule has 0 radical (unpaired) electrons. The number of hydrogen-bond acceptors (Lipinski definition) is 6. The summed E-state index contributed by atoms with van der Waals surface area (Å²) in [6.45, 7) is 1.99. The maximum atomic E-state index is 11.6. The van der Waals surface area contributed by atoms with E-state index in [9.17, 15) is 13.2 Å². The van der Waals surface area contributed by atoms with Crippen LogP contribution >= 0.6 is 0 Å². The van der Waals surface area contributed by atoms with Gasteiger partial charge in [-0.3, -0.25) is 0 Å². The minimum Gasteiger partial charge on any atom is -0.465 e. The van der Waals surface area contributed by atoms with Crippen LogP contribution in [0.2, 0.25) is 0 Å². The van der Waals surface area contributed by atoms with Crippen LogP contribution in [-0.2, 0) is 14.8 Å². The molecule has 116 valence electrons. The topological polar surface area (TPSA) is 92.9 Å². The number of rotatable bonds is 3. The maximum Gasteiger partial charge on any atom is 0.340 e. The van der Waals surface area contributed by atoms with Crippen molar-refractivity contribution in [3.05, 3.63) is 23.8 Å². The predicted molar refractivity (Wildman–Crippen MR) is 80.8 cm³/mol. The van der Waals surface area contributed by atoms with Crippen LogP contribution in [0, 0.1) is 0 Å². The Labute approximate surface area is 124 Å². The zero-order chi connectivity index (χ0) is 15.6.